The van der Waals surface area contributed by atoms with Crippen molar-refractivity contribution in [2.24, 2.45) is 0 Å². The van der Waals surface area contributed by atoms with Gasteiger partial charge in [-0.15, -0.1) is 0 Å². The van der Waals surface area contributed by atoms with Gasteiger partial charge in [-0.2, -0.15) is 0 Å². The van der Waals surface area contributed by atoms with Crippen molar-refractivity contribution in [1.82, 2.24) is 5.32 Å². The number of fused-ring (bicyclic) bond motifs is 1. The number of nitrogens with one attached hydrogen (secondary N) is 1. The summed E-state index contributed by atoms with van der Waals surface area (Å²) in [6.07, 6.45) is 0.147. The fraction of sp³-hybridized carbons (Fsp3) is 0.455. The van der Waals surface area contributed by atoms with E-state index >= 15 is 0 Å². The second-order valence-electron chi connectivity index (χ2n) is 3.62. The second-order valence-corrected chi connectivity index (χ2v) is 4.47. The Labute approximate surface area is 97.9 Å². The van der Waals surface area contributed by atoms with Gasteiger partial charge in [0.2, 0.25) is 0 Å². The number of methoxy groups -OCH3 is 1. The van der Waals surface area contributed by atoms with Crippen molar-refractivity contribution in [3.63, 3.8) is 0 Å². The number of hydrogen-bond acceptors (Lipinski definition) is 3. The summed E-state index contributed by atoms with van der Waals surface area (Å²) in [5, 5.41) is 3.25. The molecular formula is C11H14BrNO2. The van der Waals surface area contributed by atoms with Crippen LogP contribution < -0.4 is 14.8 Å². The molecule has 1 aromatic carbocycles. The fourth-order valence-corrected chi connectivity index (χ4v) is 2.51. The molecule has 0 spiro atoms. The van der Waals surface area contributed by atoms with Crippen molar-refractivity contribution >= 4 is 15.9 Å². The minimum Gasteiger partial charge on any atom is -0.497 e. The van der Waals surface area contributed by atoms with Gasteiger partial charge in [-0.1, -0.05) is 0 Å². The molecule has 2 unspecified atom stereocenters. The molecular weight excluding hydrogens is 258 g/mol. The zero-order valence-corrected chi connectivity index (χ0v) is 10.6. The Morgan fingerprint density at radius 2 is 2.20 bits per heavy atom. The molecule has 2 rings (SSSR count). The zero-order valence-electron chi connectivity index (χ0n) is 9.00. The van der Waals surface area contributed by atoms with Crippen LogP contribution in [0.2, 0.25) is 0 Å². The van der Waals surface area contributed by atoms with E-state index in [-0.39, 0.29) is 12.1 Å². The molecule has 3 nitrogen and oxygen atoms in total. The van der Waals surface area contributed by atoms with Crippen LogP contribution in [-0.2, 0) is 0 Å². The number of benzene rings is 1. The third kappa shape index (κ3) is 1.72. The molecule has 0 fully saturated rings. The van der Waals surface area contributed by atoms with E-state index in [1.165, 1.54) is 0 Å². The van der Waals surface area contributed by atoms with Crippen molar-refractivity contribution in [2.75, 3.05) is 14.2 Å². The smallest absolute Gasteiger partial charge is 0.139 e. The van der Waals surface area contributed by atoms with Gasteiger partial charge >= 0.3 is 0 Å². The summed E-state index contributed by atoms with van der Waals surface area (Å²) in [6.45, 7) is 2.06. The van der Waals surface area contributed by atoms with Crippen molar-refractivity contribution in [3.05, 3.63) is 22.2 Å². The largest absolute Gasteiger partial charge is 0.497 e. The Morgan fingerprint density at radius 3 is 2.80 bits per heavy atom. The Kier molecular flexibility index (Phi) is 2.89. The summed E-state index contributed by atoms with van der Waals surface area (Å²) < 4.78 is 12.0. The molecule has 0 amide bonds. The van der Waals surface area contributed by atoms with Gasteiger partial charge in [0, 0.05) is 5.56 Å². The summed E-state index contributed by atoms with van der Waals surface area (Å²) in [7, 11) is 3.61. The molecule has 0 saturated carbocycles. The highest BCUT2D eigenvalue weighted by Gasteiger charge is 2.32. The quantitative estimate of drug-likeness (QED) is 0.897. The number of likely N-dealkylation sites (N-methyl/N-ethyl adjacent to an activating group) is 1. The first-order valence-electron chi connectivity index (χ1n) is 4.88. The van der Waals surface area contributed by atoms with Crippen LogP contribution in [0.5, 0.6) is 11.5 Å². The third-order valence-corrected chi connectivity index (χ3v) is 3.29. The van der Waals surface area contributed by atoms with Crippen LogP contribution in [0.1, 0.15) is 18.5 Å². The van der Waals surface area contributed by atoms with Crippen LogP contribution in [-0.4, -0.2) is 20.3 Å². The predicted molar refractivity (Wildman–Crippen MR) is 62.6 cm³/mol. The lowest BCUT2D eigenvalue weighted by Crippen LogP contribution is -2.25. The fourth-order valence-electron chi connectivity index (χ4n) is 1.96. The summed E-state index contributed by atoms with van der Waals surface area (Å²) in [4.78, 5) is 0. The SMILES string of the molecule is CNC1c2cc(OC)cc(Br)c2OC1C. The van der Waals surface area contributed by atoms with Gasteiger partial charge in [-0.25, -0.2) is 0 Å². The van der Waals surface area contributed by atoms with Gasteiger partial charge < -0.3 is 14.8 Å². The monoisotopic (exact) mass is 271 g/mol. The number of ether oxygens (including phenoxy) is 2. The molecule has 1 aromatic rings. The van der Waals surface area contributed by atoms with Gasteiger partial charge in [0.15, 0.2) is 0 Å². The maximum Gasteiger partial charge on any atom is 0.139 e. The van der Waals surface area contributed by atoms with E-state index in [4.69, 9.17) is 9.47 Å². The van der Waals surface area contributed by atoms with E-state index in [1.807, 2.05) is 19.2 Å². The first-order valence-corrected chi connectivity index (χ1v) is 5.68. The van der Waals surface area contributed by atoms with E-state index < -0.39 is 0 Å². The zero-order chi connectivity index (χ0) is 11.0. The van der Waals surface area contributed by atoms with Gasteiger partial charge in [0.1, 0.15) is 17.6 Å². The molecule has 0 saturated heterocycles. The van der Waals surface area contributed by atoms with Crippen molar-refractivity contribution in [2.45, 2.75) is 19.1 Å². The highest BCUT2D eigenvalue weighted by Crippen LogP contribution is 2.43. The van der Waals surface area contributed by atoms with Crippen LogP contribution in [0.4, 0.5) is 0 Å². The Balaban J connectivity index is 2.50. The molecule has 1 heterocycles. The van der Waals surface area contributed by atoms with Gasteiger partial charge in [-0.05, 0) is 42.0 Å². The van der Waals surface area contributed by atoms with Crippen LogP contribution in [0.15, 0.2) is 16.6 Å². The summed E-state index contributed by atoms with van der Waals surface area (Å²) >= 11 is 3.49. The first-order chi connectivity index (χ1) is 7.17. The number of halogens is 1. The number of hydrogen-bond donors (Lipinski definition) is 1. The molecule has 0 aromatic heterocycles. The maximum atomic E-state index is 5.78. The highest BCUT2D eigenvalue weighted by atomic mass is 79.9. The predicted octanol–water partition coefficient (Wildman–Crippen LogP) is 2.50. The van der Waals surface area contributed by atoms with E-state index in [0.29, 0.717) is 0 Å². The van der Waals surface area contributed by atoms with Crippen molar-refractivity contribution in [3.8, 4) is 11.5 Å². The van der Waals surface area contributed by atoms with Crippen molar-refractivity contribution in [1.29, 1.82) is 0 Å². The molecule has 1 N–H and O–H groups in total. The highest BCUT2D eigenvalue weighted by molar-refractivity contribution is 9.10. The summed E-state index contributed by atoms with van der Waals surface area (Å²) in [5.74, 6) is 1.77. The second kappa shape index (κ2) is 4.02. The van der Waals surface area contributed by atoms with Crippen LogP contribution in [0, 0.1) is 0 Å². The van der Waals surface area contributed by atoms with E-state index in [0.717, 1.165) is 21.5 Å². The molecule has 2 atom stereocenters. The Hall–Kier alpha value is -0.740. The molecule has 1 aliphatic heterocycles. The molecule has 0 bridgehead atoms. The summed E-state index contributed by atoms with van der Waals surface area (Å²) in [6, 6.07) is 4.17. The van der Waals surface area contributed by atoms with E-state index in [2.05, 4.69) is 28.2 Å². The lowest BCUT2D eigenvalue weighted by atomic mass is 10.0. The lowest BCUT2D eigenvalue weighted by molar-refractivity contribution is 0.213. The molecule has 82 valence electrons. The van der Waals surface area contributed by atoms with Crippen molar-refractivity contribution < 1.29 is 9.47 Å². The Bertz CT molecular complexity index is 381. The minimum absolute atomic E-state index is 0.147. The average molecular weight is 272 g/mol. The molecule has 0 aliphatic carbocycles. The third-order valence-electron chi connectivity index (χ3n) is 2.70. The minimum atomic E-state index is 0.147. The average Bonchev–Trinajstić information content (AvgIpc) is 2.54. The standard InChI is InChI=1S/C11H14BrNO2/c1-6-10(13-2)8-4-7(14-3)5-9(12)11(8)15-6/h4-6,10,13H,1-3H3. The lowest BCUT2D eigenvalue weighted by Gasteiger charge is -2.13. The number of rotatable bonds is 2. The topological polar surface area (TPSA) is 30.5 Å². The van der Waals surface area contributed by atoms with Crippen LogP contribution in [0.25, 0.3) is 0 Å². The Morgan fingerprint density at radius 1 is 1.47 bits per heavy atom. The molecule has 1 aliphatic rings. The van der Waals surface area contributed by atoms with Crippen LogP contribution >= 0.6 is 15.9 Å². The van der Waals surface area contributed by atoms with Gasteiger partial charge in [0.25, 0.3) is 0 Å². The maximum absolute atomic E-state index is 5.78. The van der Waals surface area contributed by atoms with E-state index in [1.54, 1.807) is 7.11 Å². The summed E-state index contributed by atoms with van der Waals surface area (Å²) in [5.41, 5.74) is 1.15. The first kappa shape index (κ1) is 10.8. The molecule has 0 radical (unpaired) electrons. The van der Waals surface area contributed by atoms with Gasteiger partial charge in [0.05, 0.1) is 17.6 Å². The van der Waals surface area contributed by atoms with E-state index in [9.17, 15) is 0 Å². The van der Waals surface area contributed by atoms with Crippen LogP contribution in [0.3, 0.4) is 0 Å². The molecule has 15 heavy (non-hydrogen) atoms. The molecule has 4 heteroatoms. The van der Waals surface area contributed by atoms with Gasteiger partial charge in [-0.3, -0.25) is 0 Å². The normalized spacial score (nSPS) is 23.5.